The number of nitrogens with zero attached hydrogens (tertiary/aromatic N) is 2. The van der Waals surface area contributed by atoms with Crippen LogP contribution in [-0.2, 0) is 16.6 Å². The van der Waals surface area contributed by atoms with Crippen LogP contribution in [0.25, 0.3) is 0 Å². The highest BCUT2D eigenvalue weighted by atomic mass is 35.5. The quantitative estimate of drug-likeness (QED) is 0.694. The highest BCUT2D eigenvalue weighted by Gasteiger charge is 2.19. The second kappa shape index (κ2) is 3.89. The van der Waals surface area contributed by atoms with Gasteiger partial charge in [-0.15, -0.1) is 0 Å². The first-order valence-electron chi connectivity index (χ1n) is 3.79. The molecule has 0 aliphatic rings. The number of aldehydes is 1. The Morgan fingerprint density at radius 2 is 2.31 bits per heavy atom. The highest BCUT2D eigenvalue weighted by Crippen LogP contribution is 2.25. The Bertz CT molecular complexity index is 322. The van der Waals surface area contributed by atoms with Gasteiger partial charge in [-0.25, -0.2) is 0 Å². The van der Waals surface area contributed by atoms with Gasteiger partial charge < -0.3 is 4.74 Å². The van der Waals surface area contributed by atoms with Gasteiger partial charge in [0.05, 0.1) is 16.4 Å². The van der Waals surface area contributed by atoms with Gasteiger partial charge in [0.2, 0.25) is 0 Å². The maximum absolute atomic E-state index is 10.6. The summed E-state index contributed by atoms with van der Waals surface area (Å²) in [6, 6.07) is 0. The van der Waals surface area contributed by atoms with Gasteiger partial charge in [-0.3, -0.25) is 9.48 Å². The summed E-state index contributed by atoms with van der Waals surface area (Å²) >= 11 is 5.94. The maximum atomic E-state index is 10.6. The van der Waals surface area contributed by atoms with Crippen LogP contribution in [0.1, 0.15) is 17.5 Å². The van der Waals surface area contributed by atoms with Crippen molar-refractivity contribution in [3.8, 4) is 0 Å². The van der Waals surface area contributed by atoms with Crippen LogP contribution in [0.2, 0.25) is 5.02 Å². The van der Waals surface area contributed by atoms with E-state index in [2.05, 4.69) is 5.10 Å². The van der Waals surface area contributed by atoms with Crippen LogP contribution >= 0.6 is 11.6 Å². The molecular weight excluding hydrogens is 192 g/mol. The molecule has 72 valence electrons. The molecule has 0 aromatic carbocycles. The largest absolute Gasteiger partial charge is 0.368 e. The number of methoxy groups -OCH3 is 1. The van der Waals surface area contributed by atoms with E-state index < -0.39 is 6.10 Å². The number of hydrogen-bond donors (Lipinski definition) is 0. The van der Waals surface area contributed by atoms with Crippen LogP contribution in [0, 0.1) is 6.92 Å². The van der Waals surface area contributed by atoms with E-state index in [1.165, 1.54) is 7.11 Å². The second-order valence-electron chi connectivity index (χ2n) is 2.70. The SMILES string of the molecule is COC(C=O)c1c(Cl)c(C)nn1C. The fraction of sp³-hybridized carbons (Fsp3) is 0.500. The number of ether oxygens (including phenoxy) is 1. The Kier molecular flexibility index (Phi) is 3.06. The van der Waals surface area contributed by atoms with Crippen molar-refractivity contribution in [2.45, 2.75) is 13.0 Å². The summed E-state index contributed by atoms with van der Waals surface area (Å²) < 4.78 is 6.50. The Morgan fingerprint density at radius 1 is 1.69 bits per heavy atom. The van der Waals surface area contributed by atoms with Crippen LogP contribution in [-0.4, -0.2) is 23.2 Å². The molecule has 0 saturated heterocycles. The summed E-state index contributed by atoms with van der Waals surface area (Å²) in [5, 5.41) is 4.56. The molecule has 4 nitrogen and oxygen atoms in total. The molecule has 0 aliphatic heterocycles. The monoisotopic (exact) mass is 202 g/mol. The first-order valence-corrected chi connectivity index (χ1v) is 4.16. The van der Waals surface area contributed by atoms with Crippen molar-refractivity contribution >= 4 is 17.9 Å². The zero-order valence-electron chi connectivity index (χ0n) is 7.74. The van der Waals surface area contributed by atoms with E-state index >= 15 is 0 Å². The number of aromatic nitrogens is 2. The number of halogens is 1. The topological polar surface area (TPSA) is 44.1 Å². The average molecular weight is 203 g/mol. The van der Waals surface area contributed by atoms with E-state index in [-0.39, 0.29) is 0 Å². The lowest BCUT2D eigenvalue weighted by atomic mass is 10.2. The van der Waals surface area contributed by atoms with E-state index in [1.807, 2.05) is 0 Å². The number of rotatable bonds is 3. The van der Waals surface area contributed by atoms with Crippen LogP contribution < -0.4 is 0 Å². The number of aryl methyl sites for hydroxylation is 2. The lowest BCUT2D eigenvalue weighted by molar-refractivity contribution is -0.117. The second-order valence-corrected chi connectivity index (χ2v) is 3.08. The lowest BCUT2D eigenvalue weighted by Crippen LogP contribution is -2.09. The Labute approximate surface area is 81.4 Å². The molecule has 0 spiro atoms. The maximum Gasteiger partial charge on any atom is 0.155 e. The van der Waals surface area contributed by atoms with Gasteiger partial charge in [0.1, 0.15) is 0 Å². The van der Waals surface area contributed by atoms with Gasteiger partial charge in [-0.2, -0.15) is 5.10 Å². The summed E-state index contributed by atoms with van der Waals surface area (Å²) in [5.74, 6) is 0. The van der Waals surface area contributed by atoms with Crippen molar-refractivity contribution in [1.82, 2.24) is 9.78 Å². The normalized spacial score (nSPS) is 12.9. The fourth-order valence-corrected chi connectivity index (χ4v) is 1.46. The molecule has 1 unspecified atom stereocenters. The summed E-state index contributed by atoms with van der Waals surface area (Å²) in [7, 11) is 3.18. The molecule has 5 heteroatoms. The third kappa shape index (κ3) is 1.73. The fourth-order valence-electron chi connectivity index (χ4n) is 1.19. The van der Waals surface area contributed by atoms with E-state index in [0.717, 1.165) is 0 Å². The predicted octanol–water partition coefficient (Wildman–Crippen LogP) is 1.27. The lowest BCUT2D eigenvalue weighted by Gasteiger charge is -2.08. The van der Waals surface area contributed by atoms with Gasteiger partial charge in [0, 0.05) is 14.2 Å². The number of hydrogen-bond acceptors (Lipinski definition) is 3. The summed E-state index contributed by atoms with van der Waals surface area (Å²) in [6.07, 6.45) is 0.0567. The van der Waals surface area contributed by atoms with Crippen LogP contribution in [0.3, 0.4) is 0 Å². The van der Waals surface area contributed by atoms with Crippen LogP contribution in [0.4, 0.5) is 0 Å². The molecule has 0 fully saturated rings. The smallest absolute Gasteiger partial charge is 0.155 e. The highest BCUT2D eigenvalue weighted by molar-refractivity contribution is 6.32. The zero-order chi connectivity index (χ0) is 10.0. The van der Waals surface area contributed by atoms with Gasteiger partial charge in [0.25, 0.3) is 0 Å². The molecule has 1 rings (SSSR count). The Morgan fingerprint density at radius 3 is 2.62 bits per heavy atom. The van der Waals surface area contributed by atoms with Crippen LogP contribution in [0.15, 0.2) is 0 Å². The minimum absolute atomic E-state index is 0.487. The average Bonchev–Trinajstić information content (AvgIpc) is 2.34. The van der Waals surface area contributed by atoms with Crippen molar-refractivity contribution in [2.75, 3.05) is 7.11 Å². The van der Waals surface area contributed by atoms with E-state index in [9.17, 15) is 4.79 Å². The van der Waals surface area contributed by atoms with Crippen molar-refractivity contribution in [2.24, 2.45) is 7.05 Å². The van der Waals surface area contributed by atoms with Crippen molar-refractivity contribution in [1.29, 1.82) is 0 Å². The molecule has 0 N–H and O–H groups in total. The van der Waals surface area contributed by atoms with E-state index in [0.29, 0.717) is 22.7 Å². The molecule has 0 aliphatic carbocycles. The van der Waals surface area contributed by atoms with Crippen molar-refractivity contribution in [3.63, 3.8) is 0 Å². The standard InChI is InChI=1S/C8H11ClN2O2/c1-5-7(9)8(11(2)10-5)6(4-12)13-3/h4,6H,1-3H3. The first kappa shape index (κ1) is 10.2. The third-order valence-electron chi connectivity index (χ3n) is 1.84. The summed E-state index contributed by atoms with van der Waals surface area (Å²) in [6.45, 7) is 1.78. The van der Waals surface area contributed by atoms with Gasteiger partial charge >= 0.3 is 0 Å². The van der Waals surface area contributed by atoms with Gasteiger partial charge in [-0.1, -0.05) is 11.6 Å². The predicted molar refractivity (Wildman–Crippen MR) is 48.8 cm³/mol. The molecular formula is C8H11ClN2O2. The van der Waals surface area contributed by atoms with E-state index in [1.54, 1.807) is 18.7 Å². The molecule has 13 heavy (non-hydrogen) atoms. The third-order valence-corrected chi connectivity index (χ3v) is 2.31. The summed E-state index contributed by atoms with van der Waals surface area (Å²) in [5.41, 5.74) is 1.29. The molecule has 0 radical (unpaired) electrons. The Hall–Kier alpha value is -0.870. The van der Waals surface area contributed by atoms with E-state index in [4.69, 9.17) is 16.3 Å². The Balaban J connectivity index is 3.18. The molecule has 0 saturated carbocycles. The van der Waals surface area contributed by atoms with Gasteiger partial charge in [-0.05, 0) is 6.92 Å². The molecule has 1 aromatic rings. The minimum Gasteiger partial charge on any atom is -0.368 e. The van der Waals surface area contributed by atoms with Crippen molar-refractivity contribution in [3.05, 3.63) is 16.4 Å². The minimum atomic E-state index is -0.640. The molecule has 0 amide bonds. The first-order chi connectivity index (χ1) is 6.11. The molecule has 1 aromatic heterocycles. The molecule has 1 heterocycles. The van der Waals surface area contributed by atoms with Gasteiger partial charge in [0.15, 0.2) is 12.4 Å². The number of carbonyl (C=O) groups excluding carboxylic acids is 1. The summed E-state index contributed by atoms with van der Waals surface area (Å²) in [4.78, 5) is 10.6. The van der Waals surface area contributed by atoms with Crippen LogP contribution in [0.5, 0.6) is 0 Å². The number of carbonyl (C=O) groups is 1. The zero-order valence-corrected chi connectivity index (χ0v) is 8.50. The molecule has 1 atom stereocenters. The van der Waals surface area contributed by atoms with Crippen molar-refractivity contribution < 1.29 is 9.53 Å². The molecule has 0 bridgehead atoms.